The van der Waals surface area contributed by atoms with Crippen LogP contribution < -0.4 is 16.4 Å². The van der Waals surface area contributed by atoms with Gasteiger partial charge in [0.15, 0.2) is 5.82 Å². The Morgan fingerprint density at radius 3 is 2.67 bits per heavy atom. The quantitative estimate of drug-likeness (QED) is 0.392. The van der Waals surface area contributed by atoms with Gasteiger partial charge in [-0.05, 0) is 35.7 Å². The number of anilines is 2. The Hall–Kier alpha value is -3.55. The zero-order chi connectivity index (χ0) is 19.4. The molecule has 3 aromatic rings. The molecule has 0 saturated carbocycles. The summed E-state index contributed by atoms with van der Waals surface area (Å²) in [5, 5.41) is 22.0. The van der Waals surface area contributed by atoms with Crippen molar-refractivity contribution < 1.29 is 0 Å². The summed E-state index contributed by atoms with van der Waals surface area (Å²) in [4.78, 5) is 9.02. The summed E-state index contributed by atoms with van der Waals surface area (Å²) in [5.74, 6) is 1.59. The molecule has 0 aliphatic carbocycles. The van der Waals surface area contributed by atoms with Gasteiger partial charge >= 0.3 is 0 Å². The standard InChI is InChI=1S/C19H22N8/c1-11(2)12-7-18(27-24-9-12)26-17-5-4-15-16(25-17)6-13(8-23-15)14(10-22-3)19(20)21/h4-11,22H,1-3H3,(H3,20,21)(H,25,26,27)/b14-10-. The minimum absolute atomic E-state index is 0.0412. The molecule has 0 atom stereocenters. The van der Waals surface area contributed by atoms with Crippen LogP contribution in [0.4, 0.5) is 11.6 Å². The second-order valence-corrected chi connectivity index (χ2v) is 6.37. The summed E-state index contributed by atoms with van der Waals surface area (Å²) in [6.45, 7) is 4.21. The average molecular weight is 362 g/mol. The smallest absolute Gasteiger partial charge is 0.154 e. The molecule has 0 aliphatic heterocycles. The number of aromatic nitrogens is 4. The first-order valence-electron chi connectivity index (χ1n) is 8.56. The first-order valence-corrected chi connectivity index (χ1v) is 8.56. The molecule has 8 nitrogen and oxygen atoms in total. The van der Waals surface area contributed by atoms with Crippen molar-refractivity contribution in [3.63, 3.8) is 0 Å². The molecular formula is C19H22N8. The van der Waals surface area contributed by atoms with Gasteiger partial charge in [0.05, 0.1) is 17.2 Å². The van der Waals surface area contributed by atoms with Crippen LogP contribution >= 0.6 is 0 Å². The van der Waals surface area contributed by atoms with Gasteiger partial charge in [0.2, 0.25) is 0 Å². The number of nitrogens with one attached hydrogen (secondary N) is 3. The first-order chi connectivity index (χ1) is 13.0. The molecule has 27 heavy (non-hydrogen) atoms. The van der Waals surface area contributed by atoms with E-state index in [1.54, 1.807) is 25.6 Å². The van der Waals surface area contributed by atoms with E-state index < -0.39 is 0 Å². The van der Waals surface area contributed by atoms with Crippen molar-refractivity contribution in [3.05, 3.63) is 54.0 Å². The SMILES string of the molecule is CN/C=C(\C(=N)N)c1cnc2ccc(Nc3cc(C(C)C)cnn3)nc2c1. The molecule has 0 aliphatic rings. The predicted octanol–water partition coefficient (Wildman–Crippen LogP) is 2.78. The number of hydrogen-bond acceptors (Lipinski definition) is 7. The third kappa shape index (κ3) is 4.17. The Morgan fingerprint density at radius 1 is 1.15 bits per heavy atom. The lowest BCUT2D eigenvalue weighted by atomic mass is 10.1. The molecule has 0 fully saturated rings. The number of nitrogens with zero attached hydrogens (tertiary/aromatic N) is 4. The van der Waals surface area contributed by atoms with Crippen LogP contribution in [0.3, 0.4) is 0 Å². The lowest BCUT2D eigenvalue weighted by molar-refractivity contribution is 0.843. The van der Waals surface area contributed by atoms with Crippen LogP contribution in [0.15, 0.2) is 42.9 Å². The van der Waals surface area contributed by atoms with E-state index in [1.165, 1.54) is 0 Å². The summed E-state index contributed by atoms with van der Waals surface area (Å²) < 4.78 is 0. The monoisotopic (exact) mass is 362 g/mol. The largest absolute Gasteiger partial charge is 0.393 e. The van der Waals surface area contributed by atoms with Crippen LogP contribution in [0.5, 0.6) is 0 Å². The number of rotatable bonds is 6. The molecule has 8 heteroatoms. The van der Waals surface area contributed by atoms with Crippen LogP contribution in [0.1, 0.15) is 30.9 Å². The molecule has 3 rings (SSSR count). The molecular weight excluding hydrogens is 340 g/mol. The fourth-order valence-electron chi connectivity index (χ4n) is 2.57. The van der Waals surface area contributed by atoms with Crippen molar-refractivity contribution in [2.45, 2.75) is 19.8 Å². The summed E-state index contributed by atoms with van der Waals surface area (Å²) in [7, 11) is 1.75. The zero-order valence-electron chi connectivity index (χ0n) is 15.5. The van der Waals surface area contributed by atoms with E-state index in [-0.39, 0.29) is 5.84 Å². The molecule has 5 N–H and O–H groups in total. The number of fused-ring (bicyclic) bond motifs is 1. The molecule has 0 saturated heterocycles. The van der Waals surface area contributed by atoms with Gasteiger partial charge in [-0.25, -0.2) is 4.98 Å². The van der Waals surface area contributed by atoms with Crippen LogP contribution in [-0.4, -0.2) is 33.0 Å². The molecule has 0 unspecified atom stereocenters. The fourth-order valence-corrected chi connectivity index (χ4v) is 2.57. The van der Waals surface area contributed by atoms with Crippen LogP contribution in [0, 0.1) is 5.41 Å². The highest BCUT2D eigenvalue weighted by Gasteiger charge is 2.09. The third-order valence-corrected chi connectivity index (χ3v) is 4.03. The molecule has 0 spiro atoms. The minimum Gasteiger partial charge on any atom is -0.393 e. The fraction of sp³-hybridized carbons (Fsp3) is 0.211. The van der Waals surface area contributed by atoms with E-state index in [0.717, 1.165) is 16.6 Å². The Kier molecular flexibility index (Phi) is 5.25. The van der Waals surface area contributed by atoms with E-state index in [0.29, 0.717) is 28.6 Å². The molecule has 138 valence electrons. The maximum Gasteiger partial charge on any atom is 0.154 e. The van der Waals surface area contributed by atoms with E-state index in [4.69, 9.17) is 11.1 Å². The predicted molar refractivity (Wildman–Crippen MR) is 108 cm³/mol. The van der Waals surface area contributed by atoms with Gasteiger partial charge in [0.1, 0.15) is 11.7 Å². The normalized spacial score (nSPS) is 11.6. The lowest BCUT2D eigenvalue weighted by Gasteiger charge is -2.10. The summed E-state index contributed by atoms with van der Waals surface area (Å²) in [5.41, 5.74) is 9.48. The molecule has 0 bridgehead atoms. The van der Waals surface area contributed by atoms with Crippen LogP contribution in [0.2, 0.25) is 0 Å². The highest BCUT2D eigenvalue weighted by Crippen LogP contribution is 2.22. The molecule has 0 aromatic carbocycles. The van der Waals surface area contributed by atoms with E-state index in [1.807, 2.05) is 24.3 Å². The number of pyridine rings is 2. The number of hydrogen-bond donors (Lipinski definition) is 4. The van der Waals surface area contributed by atoms with Crippen LogP contribution in [-0.2, 0) is 0 Å². The molecule has 3 aromatic heterocycles. The van der Waals surface area contributed by atoms with Crippen molar-refractivity contribution in [1.82, 2.24) is 25.5 Å². The maximum atomic E-state index is 7.74. The second-order valence-electron chi connectivity index (χ2n) is 6.37. The Bertz CT molecular complexity index is 1010. The Balaban J connectivity index is 1.95. The van der Waals surface area contributed by atoms with Crippen molar-refractivity contribution in [2.24, 2.45) is 5.73 Å². The van der Waals surface area contributed by atoms with Gasteiger partial charge in [-0.3, -0.25) is 10.4 Å². The highest BCUT2D eigenvalue weighted by molar-refractivity contribution is 6.20. The van der Waals surface area contributed by atoms with Gasteiger partial charge in [-0.15, -0.1) is 5.10 Å². The second kappa shape index (κ2) is 7.77. The summed E-state index contributed by atoms with van der Waals surface area (Å²) >= 11 is 0. The zero-order valence-corrected chi connectivity index (χ0v) is 15.5. The van der Waals surface area contributed by atoms with E-state index in [9.17, 15) is 0 Å². The van der Waals surface area contributed by atoms with Gasteiger partial charge in [-0.1, -0.05) is 13.8 Å². The Morgan fingerprint density at radius 2 is 1.96 bits per heavy atom. The lowest BCUT2D eigenvalue weighted by Crippen LogP contribution is -2.14. The molecule has 0 amide bonds. The van der Waals surface area contributed by atoms with Gasteiger partial charge < -0.3 is 16.4 Å². The maximum absolute atomic E-state index is 7.74. The number of nitrogens with two attached hydrogens (primary N) is 1. The van der Waals surface area contributed by atoms with Crippen molar-refractivity contribution in [2.75, 3.05) is 12.4 Å². The Labute approximate surface area is 157 Å². The van der Waals surface area contributed by atoms with Crippen molar-refractivity contribution in [3.8, 4) is 0 Å². The topological polar surface area (TPSA) is 125 Å². The van der Waals surface area contributed by atoms with E-state index in [2.05, 4.69) is 44.6 Å². The van der Waals surface area contributed by atoms with Crippen LogP contribution in [0.25, 0.3) is 16.6 Å². The first kappa shape index (κ1) is 18.2. The van der Waals surface area contributed by atoms with Crippen molar-refractivity contribution in [1.29, 1.82) is 5.41 Å². The summed E-state index contributed by atoms with van der Waals surface area (Å²) in [6, 6.07) is 7.54. The average Bonchev–Trinajstić information content (AvgIpc) is 2.65. The minimum atomic E-state index is -0.0412. The van der Waals surface area contributed by atoms with Crippen molar-refractivity contribution >= 4 is 34.1 Å². The molecule has 0 radical (unpaired) electrons. The van der Waals surface area contributed by atoms with Gasteiger partial charge in [0.25, 0.3) is 0 Å². The number of amidine groups is 1. The highest BCUT2D eigenvalue weighted by atomic mass is 15.2. The van der Waals surface area contributed by atoms with E-state index >= 15 is 0 Å². The third-order valence-electron chi connectivity index (χ3n) is 4.03. The van der Waals surface area contributed by atoms with Gasteiger partial charge in [-0.2, -0.15) is 5.10 Å². The van der Waals surface area contributed by atoms with Gasteiger partial charge in [0, 0.05) is 30.6 Å². The summed E-state index contributed by atoms with van der Waals surface area (Å²) in [6.07, 6.45) is 5.11. The molecule has 3 heterocycles.